The number of carbonyl (C=O) groups excluding carboxylic acids is 1. The maximum Gasteiger partial charge on any atom is 0.261 e. The van der Waals surface area contributed by atoms with Gasteiger partial charge in [-0.1, -0.05) is 27.5 Å². The number of anilines is 1. The predicted molar refractivity (Wildman–Crippen MR) is 109 cm³/mol. The summed E-state index contributed by atoms with van der Waals surface area (Å²) in [4.78, 5) is 33.4. The van der Waals surface area contributed by atoms with Crippen LogP contribution in [0.15, 0.2) is 64.6 Å². The second-order valence-electron chi connectivity index (χ2n) is 5.89. The van der Waals surface area contributed by atoms with Crippen LogP contribution in [0.2, 0.25) is 5.02 Å². The van der Waals surface area contributed by atoms with Crippen molar-refractivity contribution in [2.75, 3.05) is 5.32 Å². The van der Waals surface area contributed by atoms with Gasteiger partial charge in [0.05, 0.1) is 28.6 Å². The molecule has 1 N–H and O–H groups in total. The molecular weight excluding hydrogens is 448 g/mol. The topological polar surface area (TPSA) is 94.7 Å². The number of benzene rings is 2. The van der Waals surface area contributed by atoms with Crippen LogP contribution in [0, 0.1) is 0 Å². The minimum absolute atomic E-state index is 0.197. The lowest BCUT2D eigenvalue weighted by atomic mass is 10.2. The Bertz CT molecular complexity index is 1240. The molecule has 0 aliphatic carbocycles. The summed E-state index contributed by atoms with van der Waals surface area (Å²) in [5.74, 6) is -0.401. The van der Waals surface area contributed by atoms with Crippen molar-refractivity contribution in [3.63, 3.8) is 0 Å². The third-order valence-electron chi connectivity index (χ3n) is 4.00. The third-order valence-corrected chi connectivity index (χ3v) is 4.73. The second-order valence-corrected chi connectivity index (χ2v) is 7.24. The lowest BCUT2D eigenvalue weighted by Crippen LogP contribution is -2.28. The van der Waals surface area contributed by atoms with Crippen LogP contribution in [0.1, 0.15) is 0 Å². The number of amides is 1. The maximum atomic E-state index is 12.7. The molecule has 0 spiro atoms. The Morgan fingerprint density at radius 3 is 2.82 bits per heavy atom. The van der Waals surface area contributed by atoms with Gasteiger partial charge < -0.3 is 5.32 Å². The molecule has 2 heterocycles. The first kappa shape index (κ1) is 18.3. The second kappa shape index (κ2) is 7.53. The van der Waals surface area contributed by atoms with E-state index in [-0.39, 0.29) is 12.1 Å². The number of rotatable bonds is 4. The van der Waals surface area contributed by atoms with E-state index >= 15 is 0 Å². The highest BCUT2D eigenvalue weighted by atomic mass is 79.9. The zero-order valence-electron chi connectivity index (χ0n) is 14.2. The van der Waals surface area contributed by atoms with Gasteiger partial charge in [-0.15, -0.1) is 0 Å². The molecule has 0 aliphatic heterocycles. The monoisotopic (exact) mass is 458 g/mol. The fourth-order valence-electron chi connectivity index (χ4n) is 2.73. The number of carbonyl (C=O) groups is 1. The van der Waals surface area contributed by atoms with Gasteiger partial charge in [-0.05, 0) is 36.4 Å². The highest BCUT2D eigenvalue weighted by Crippen LogP contribution is 2.24. The normalized spacial score (nSPS) is 10.9. The van der Waals surface area contributed by atoms with Crippen LogP contribution >= 0.6 is 27.5 Å². The molecule has 1 amide bonds. The summed E-state index contributed by atoms with van der Waals surface area (Å²) in [5, 5.41) is 7.71. The van der Waals surface area contributed by atoms with E-state index in [1.54, 1.807) is 36.4 Å². The average molecular weight is 460 g/mol. The van der Waals surface area contributed by atoms with E-state index in [0.29, 0.717) is 27.3 Å². The van der Waals surface area contributed by atoms with Gasteiger partial charge >= 0.3 is 0 Å². The molecule has 0 fully saturated rings. The summed E-state index contributed by atoms with van der Waals surface area (Å²) in [5.41, 5.74) is 1.31. The first-order valence-electron chi connectivity index (χ1n) is 8.10. The van der Waals surface area contributed by atoms with Crippen LogP contribution in [0.5, 0.6) is 0 Å². The van der Waals surface area contributed by atoms with Gasteiger partial charge in [0, 0.05) is 9.50 Å². The van der Waals surface area contributed by atoms with Gasteiger partial charge in [0.2, 0.25) is 5.91 Å². The highest BCUT2D eigenvalue weighted by molar-refractivity contribution is 9.10. The van der Waals surface area contributed by atoms with Crippen LogP contribution < -0.4 is 10.9 Å². The molecule has 2 aromatic carbocycles. The Kier molecular flexibility index (Phi) is 4.93. The molecule has 0 unspecified atom stereocenters. The van der Waals surface area contributed by atoms with Crippen LogP contribution in [-0.2, 0) is 11.3 Å². The lowest BCUT2D eigenvalue weighted by molar-refractivity contribution is -0.116. The Labute approximate surface area is 171 Å². The minimum Gasteiger partial charge on any atom is -0.323 e. The number of nitrogens with one attached hydrogen (secondary N) is 1. The summed E-state index contributed by atoms with van der Waals surface area (Å²) < 4.78 is 3.52. The molecular formula is C18H12BrClN6O2. The maximum absolute atomic E-state index is 12.7. The zero-order chi connectivity index (χ0) is 19.7. The lowest BCUT2D eigenvalue weighted by Gasteiger charge is -2.12. The quantitative estimate of drug-likeness (QED) is 0.506. The molecule has 4 rings (SSSR count). The minimum atomic E-state index is -0.401. The summed E-state index contributed by atoms with van der Waals surface area (Å²) in [6.45, 7) is -0.197. The summed E-state index contributed by atoms with van der Waals surface area (Å²) >= 11 is 9.40. The molecule has 8 nitrogen and oxygen atoms in total. The predicted octanol–water partition coefficient (Wildman–Crippen LogP) is 3.03. The number of hydrogen-bond acceptors (Lipinski definition) is 5. The molecule has 10 heteroatoms. The van der Waals surface area contributed by atoms with Crippen molar-refractivity contribution >= 4 is 50.0 Å². The molecule has 2 aromatic heterocycles. The van der Waals surface area contributed by atoms with Crippen molar-refractivity contribution in [2.24, 2.45) is 0 Å². The fourth-order valence-corrected chi connectivity index (χ4v) is 3.26. The van der Waals surface area contributed by atoms with Crippen molar-refractivity contribution in [3.05, 3.63) is 75.2 Å². The summed E-state index contributed by atoms with van der Waals surface area (Å²) in [6, 6.07) is 10.2. The standard InChI is InChI=1S/C18H12BrClN6O2/c19-11-1-3-14-13(5-11)18(28)25(10-22-14)7-17(27)24-15-6-12(20)2-4-16(15)26-9-21-8-23-26/h1-6,8-10H,7H2,(H,24,27). The van der Waals surface area contributed by atoms with Gasteiger partial charge in [-0.2, -0.15) is 5.10 Å². The first-order valence-corrected chi connectivity index (χ1v) is 9.27. The zero-order valence-corrected chi connectivity index (χ0v) is 16.6. The van der Waals surface area contributed by atoms with E-state index in [0.717, 1.165) is 4.47 Å². The van der Waals surface area contributed by atoms with E-state index in [1.165, 1.54) is 28.2 Å². The number of halogens is 2. The molecule has 0 saturated carbocycles. The van der Waals surface area contributed by atoms with Crippen LogP contribution in [0.3, 0.4) is 0 Å². The highest BCUT2D eigenvalue weighted by Gasteiger charge is 2.12. The van der Waals surface area contributed by atoms with Gasteiger partial charge in [0.15, 0.2) is 0 Å². The SMILES string of the molecule is O=C(Cn1cnc2ccc(Br)cc2c1=O)Nc1cc(Cl)ccc1-n1cncn1. The number of fused-ring (bicyclic) bond motifs is 1. The van der Waals surface area contributed by atoms with Gasteiger partial charge in [-0.3, -0.25) is 14.2 Å². The molecule has 0 radical (unpaired) electrons. The Morgan fingerprint density at radius 2 is 2.04 bits per heavy atom. The van der Waals surface area contributed by atoms with Crippen molar-refractivity contribution < 1.29 is 4.79 Å². The van der Waals surface area contributed by atoms with E-state index in [4.69, 9.17) is 11.6 Å². The van der Waals surface area contributed by atoms with Crippen molar-refractivity contribution in [1.29, 1.82) is 0 Å². The molecule has 28 heavy (non-hydrogen) atoms. The van der Waals surface area contributed by atoms with Gasteiger partial charge in [-0.25, -0.2) is 14.6 Å². The van der Waals surface area contributed by atoms with Crippen molar-refractivity contribution in [1.82, 2.24) is 24.3 Å². The van der Waals surface area contributed by atoms with E-state index < -0.39 is 5.91 Å². The Balaban J connectivity index is 1.62. The Hall–Kier alpha value is -3.04. The van der Waals surface area contributed by atoms with Crippen LogP contribution in [0.25, 0.3) is 16.6 Å². The largest absolute Gasteiger partial charge is 0.323 e. The van der Waals surface area contributed by atoms with Gasteiger partial charge in [0.1, 0.15) is 19.2 Å². The van der Waals surface area contributed by atoms with Crippen molar-refractivity contribution in [3.8, 4) is 5.69 Å². The molecule has 0 saturated heterocycles. The van der Waals surface area contributed by atoms with Crippen molar-refractivity contribution in [2.45, 2.75) is 6.54 Å². The van der Waals surface area contributed by atoms with Gasteiger partial charge in [0.25, 0.3) is 5.56 Å². The van der Waals surface area contributed by atoms with Crippen LogP contribution in [-0.4, -0.2) is 30.2 Å². The van der Waals surface area contributed by atoms with Crippen LogP contribution in [0.4, 0.5) is 5.69 Å². The Morgan fingerprint density at radius 1 is 1.18 bits per heavy atom. The first-order chi connectivity index (χ1) is 13.5. The molecule has 0 atom stereocenters. The molecule has 4 aromatic rings. The number of nitrogens with zero attached hydrogens (tertiary/aromatic N) is 5. The summed E-state index contributed by atoms with van der Waals surface area (Å²) in [7, 11) is 0. The fraction of sp³-hybridized carbons (Fsp3) is 0.0556. The van der Waals surface area contributed by atoms with E-state index in [2.05, 4.69) is 36.3 Å². The third kappa shape index (κ3) is 3.67. The number of hydrogen-bond donors (Lipinski definition) is 1. The molecule has 140 valence electrons. The summed E-state index contributed by atoms with van der Waals surface area (Å²) in [6.07, 6.45) is 4.25. The molecule has 0 bridgehead atoms. The van der Waals surface area contributed by atoms with E-state index in [1.807, 2.05) is 0 Å². The molecule has 0 aliphatic rings. The average Bonchev–Trinajstić information content (AvgIpc) is 3.19. The smallest absolute Gasteiger partial charge is 0.261 e. The van der Waals surface area contributed by atoms with E-state index in [9.17, 15) is 9.59 Å². The number of aromatic nitrogens is 5.